The smallest absolute Gasteiger partial charge is 0.340 e. The van der Waals surface area contributed by atoms with Gasteiger partial charge in [0.05, 0.1) is 23.3 Å². The maximum atomic E-state index is 12.7. The minimum Gasteiger partial charge on any atom is -0.465 e. The molecule has 0 saturated heterocycles. The van der Waals surface area contributed by atoms with Gasteiger partial charge in [-0.15, -0.1) is 11.8 Å². The van der Waals surface area contributed by atoms with Crippen LogP contribution in [0.4, 0.5) is 5.69 Å². The Morgan fingerprint density at radius 3 is 2.40 bits per heavy atom. The van der Waals surface area contributed by atoms with Crippen LogP contribution in [0.25, 0.3) is 0 Å². The molecule has 0 radical (unpaired) electrons. The Morgan fingerprint density at radius 1 is 1.03 bits per heavy atom. The van der Waals surface area contributed by atoms with Gasteiger partial charge in [-0.05, 0) is 54.4 Å². The highest BCUT2D eigenvalue weighted by molar-refractivity contribution is 7.99. The number of carbonyl (C=O) groups excluding carboxylic acids is 1. The maximum absolute atomic E-state index is 12.7. The number of aryl methyl sites for hydroxylation is 1. The predicted molar refractivity (Wildman–Crippen MR) is 121 cm³/mol. The second kappa shape index (κ2) is 10.0. The number of sulfonamides is 1. The summed E-state index contributed by atoms with van der Waals surface area (Å²) in [4.78, 5) is 13.2. The lowest BCUT2D eigenvalue weighted by molar-refractivity contribution is 0.0601. The van der Waals surface area contributed by atoms with Crippen molar-refractivity contribution in [2.24, 2.45) is 0 Å². The van der Waals surface area contributed by atoms with E-state index in [9.17, 15) is 13.2 Å². The third-order valence-corrected chi connectivity index (χ3v) is 6.90. The number of ether oxygens (including phenoxy) is 1. The summed E-state index contributed by atoms with van der Waals surface area (Å²) in [5.41, 5.74) is 1.54. The summed E-state index contributed by atoms with van der Waals surface area (Å²) in [5, 5.41) is 0.432. The average molecular weight is 462 g/mol. The highest BCUT2D eigenvalue weighted by Gasteiger charge is 2.20. The summed E-state index contributed by atoms with van der Waals surface area (Å²) >= 11 is 7.41. The van der Waals surface area contributed by atoms with Crippen LogP contribution in [0.3, 0.4) is 0 Å². The number of hydrogen-bond acceptors (Lipinski definition) is 5. The zero-order chi connectivity index (χ0) is 21.6. The van der Waals surface area contributed by atoms with E-state index in [1.165, 1.54) is 36.9 Å². The van der Waals surface area contributed by atoms with Crippen LogP contribution in [0.2, 0.25) is 5.02 Å². The maximum Gasteiger partial charge on any atom is 0.340 e. The second-order valence-electron chi connectivity index (χ2n) is 6.34. The zero-order valence-corrected chi connectivity index (χ0v) is 18.6. The van der Waals surface area contributed by atoms with E-state index in [4.69, 9.17) is 16.3 Å². The van der Waals surface area contributed by atoms with Gasteiger partial charge < -0.3 is 4.74 Å². The van der Waals surface area contributed by atoms with E-state index in [-0.39, 0.29) is 16.1 Å². The lowest BCUT2D eigenvalue weighted by atomic mass is 10.2. The number of anilines is 1. The standard InChI is InChI=1S/C22H20ClNO4S2/c1-28-22(25)20-15-18(29-14-13-16-5-3-2-4-6-16)9-12-21(20)24-30(26,27)19-10-7-17(23)8-11-19/h2-12,15,24H,13-14H2,1H3. The van der Waals surface area contributed by atoms with Gasteiger partial charge in [0.25, 0.3) is 10.0 Å². The fraction of sp³-hybridized carbons (Fsp3) is 0.136. The van der Waals surface area contributed by atoms with Crippen LogP contribution in [0.15, 0.2) is 82.6 Å². The first-order valence-corrected chi connectivity index (χ1v) is 11.9. The highest BCUT2D eigenvalue weighted by Crippen LogP contribution is 2.28. The minimum absolute atomic E-state index is 0.0454. The van der Waals surface area contributed by atoms with Gasteiger partial charge >= 0.3 is 5.97 Å². The third kappa shape index (κ3) is 5.78. The molecule has 0 spiro atoms. The molecule has 0 aliphatic carbocycles. The molecule has 3 rings (SSSR count). The third-order valence-electron chi connectivity index (χ3n) is 4.27. The Morgan fingerprint density at radius 2 is 1.73 bits per heavy atom. The van der Waals surface area contributed by atoms with Crippen LogP contribution in [0, 0.1) is 0 Å². The summed E-state index contributed by atoms with van der Waals surface area (Å²) in [6.45, 7) is 0. The number of nitrogens with one attached hydrogen (secondary N) is 1. The van der Waals surface area contributed by atoms with Crippen LogP contribution in [0.1, 0.15) is 15.9 Å². The van der Waals surface area contributed by atoms with Crippen molar-refractivity contribution in [2.45, 2.75) is 16.2 Å². The monoisotopic (exact) mass is 461 g/mol. The van der Waals surface area contributed by atoms with Crippen molar-refractivity contribution in [3.8, 4) is 0 Å². The summed E-state index contributed by atoms with van der Waals surface area (Å²) < 4.78 is 32.7. The van der Waals surface area contributed by atoms with Crippen LogP contribution in [-0.4, -0.2) is 27.2 Å². The Labute approximate surface area is 185 Å². The molecular weight excluding hydrogens is 442 g/mol. The topological polar surface area (TPSA) is 72.5 Å². The van der Waals surface area contributed by atoms with E-state index >= 15 is 0 Å². The Balaban J connectivity index is 1.78. The Kier molecular flexibility index (Phi) is 7.42. The van der Waals surface area contributed by atoms with Crippen molar-refractivity contribution in [3.05, 3.63) is 88.9 Å². The summed E-state index contributed by atoms with van der Waals surface area (Å²) in [6.07, 6.45) is 0.879. The van der Waals surface area contributed by atoms with E-state index in [0.717, 1.165) is 17.1 Å². The molecule has 8 heteroatoms. The first-order valence-electron chi connectivity index (χ1n) is 9.06. The van der Waals surface area contributed by atoms with Gasteiger partial charge in [0.2, 0.25) is 0 Å². The van der Waals surface area contributed by atoms with Crippen LogP contribution >= 0.6 is 23.4 Å². The highest BCUT2D eigenvalue weighted by atomic mass is 35.5. The zero-order valence-electron chi connectivity index (χ0n) is 16.2. The van der Waals surface area contributed by atoms with Gasteiger partial charge in [0, 0.05) is 15.7 Å². The van der Waals surface area contributed by atoms with Crippen molar-refractivity contribution in [2.75, 3.05) is 17.6 Å². The first kappa shape index (κ1) is 22.2. The SMILES string of the molecule is COC(=O)c1cc(SCCc2ccccc2)ccc1NS(=O)(=O)c1ccc(Cl)cc1. The lowest BCUT2D eigenvalue weighted by Crippen LogP contribution is -2.16. The van der Waals surface area contributed by atoms with Crippen molar-refractivity contribution >= 4 is 45.0 Å². The van der Waals surface area contributed by atoms with E-state index in [1.54, 1.807) is 30.0 Å². The molecule has 0 fully saturated rings. The van der Waals surface area contributed by atoms with Crippen molar-refractivity contribution in [1.29, 1.82) is 0 Å². The molecule has 0 aliphatic heterocycles. The summed E-state index contributed by atoms with van der Waals surface area (Å²) in [5.74, 6) is 0.204. The van der Waals surface area contributed by atoms with Gasteiger partial charge in [-0.1, -0.05) is 41.9 Å². The van der Waals surface area contributed by atoms with Crippen molar-refractivity contribution < 1.29 is 17.9 Å². The van der Waals surface area contributed by atoms with Gasteiger partial charge in [0.15, 0.2) is 0 Å². The quantitative estimate of drug-likeness (QED) is 0.366. The molecule has 0 heterocycles. The molecule has 3 aromatic rings. The molecule has 0 bridgehead atoms. The van der Waals surface area contributed by atoms with Crippen LogP contribution < -0.4 is 4.72 Å². The summed E-state index contributed by atoms with van der Waals surface area (Å²) in [7, 11) is -2.62. The minimum atomic E-state index is -3.88. The number of esters is 1. The first-order chi connectivity index (χ1) is 14.4. The number of thioether (sulfide) groups is 1. The molecule has 5 nitrogen and oxygen atoms in total. The van der Waals surface area contributed by atoms with Gasteiger partial charge in [-0.2, -0.15) is 0 Å². The molecule has 0 unspecified atom stereocenters. The van der Waals surface area contributed by atoms with E-state index in [0.29, 0.717) is 5.02 Å². The fourth-order valence-corrected chi connectivity index (χ4v) is 4.87. The number of methoxy groups -OCH3 is 1. The predicted octanol–water partition coefficient (Wildman–Crippen LogP) is 5.26. The van der Waals surface area contributed by atoms with Crippen LogP contribution in [0.5, 0.6) is 0 Å². The van der Waals surface area contributed by atoms with Gasteiger partial charge in [0.1, 0.15) is 0 Å². The van der Waals surface area contributed by atoms with E-state index in [1.807, 2.05) is 18.2 Å². The van der Waals surface area contributed by atoms with Crippen LogP contribution in [-0.2, 0) is 21.2 Å². The molecule has 3 aromatic carbocycles. The van der Waals surface area contributed by atoms with Crippen molar-refractivity contribution in [3.63, 3.8) is 0 Å². The van der Waals surface area contributed by atoms with Crippen molar-refractivity contribution in [1.82, 2.24) is 0 Å². The summed E-state index contributed by atoms with van der Waals surface area (Å²) in [6, 6.07) is 20.9. The fourth-order valence-electron chi connectivity index (χ4n) is 2.73. The number of hydrogen-bond donors (Lipinski definition) is 1. The average Bonchev–Trinajstić information content (AvgIpc) is 2.75. The number of halogens is 1. The molecule has 0 aromatic heterocycles. The van der Waals surface area contributed by atoms with Gasteiger partial charge in [-0.3, -0.25) is 4.72 Å². The Hall–Kier alpha value is -2.48. The molecular formula is C22H20ClNO4S2. The largest absolute Gasteiger partial charge is 0.465 e. The normalized spacial score (nSPS) is 11.1. The molecule has 0 amide bonds. The molecule has 0 saturated carbocycles. The lowest BCUT2D eigenvalue weighted by Gasteiger charge is -2.13. The molecule has 156 valence electrons. The molecule has 1 N–H and O–H groups in total. The second-order valence-corrected chi connectivity index (χ2v) is 9.63. The van der Waals surface area contributed by atoms with E-state index in [2.05, 4.69) is 16.9 Å². The van der Waals surface area contributed by atoms with E-state index < -0.39 is 16.0 Å². The van der Waals surface area contributed by atoms with Gasteiger partial charge in [-0.25, -0.2) is 13.2 Å². The molecule has 0 aliphatic rings. The number of benzene rings is 3. The number of carbonyl (C=O) groups is 1. The Bertz CT molecular complexity index is 1120. The number of rotatable bonds is 8. The molecule has 0 atom stereocenters. The molecule has 30 heavy (non-hydrogen) atoms.